The fourth-order valence-electron chi connectivity index (χ4n) is 2.63. The van der Waals surface area contributed by atoms with Gasteiger partial charge in [0.1, 0.15) is 0 Å². The lowest BCUT2D eigenvalue weighted by molar-refractivity contribution is 0.402. The van der Waals surface area contributed by atoms with Crippen molar-refractivity contribution in [2.24, 2.45) is 0 Å². The largest absolute Gasteiger partial charge is 0.384 e. The molecule has 0 unspecified atom stereocenters. The molecule has 2 aromatic rings. The van der Waals surface area contributed by atoms with E-state index in [9.17, 15) is 0 Å². The van der Waals surface area contributed by atoms with Crippen molar-refractivity contribution in [3.63, 3.8) is 0 Å². The van der Waals surface area contributed by atoms with Crippen molar-refractivity contribution in [2.45, 2.75) is 19.4 Å². The van der Waals surface area contributed by atoms with Crippen LogP contribution in [0.25, 0.3) is 10.9 Å². The third-order valence-electron chi connectivity index (χ3n) is 3.44. The zero-order valence-electron chi connectivity index (χ0n) is 11.0. The highest BCUT2D eigenvalue weighted by atomic mass is 15.0. The highest BCUT2D eigenvalue weighted by molar-refractivity contribution is 5.93. The van der Waals surface area contributed by atoms with Crippen LogP contribution in [0.15, 0.2) is 24.4 Å². The molecule has 0 amide bonds. The number of benzene rings is 1. The summed E-state index contributed by atoms with van der Waals surface area (Å²) in [6.07, 6.45) is 4.38. The Balaban J connectivity index is 2.08. The highest BCUT2D eigenvalue weighted by Crippen LogP contribution is 2.30. The van der Waals surface area contributed by atoms with Crippen LogP contribution < -0.4 is 5.32 Å². The average Bonchev–Trinajstić information content (AvgIpc) is 2.37. The first-order chi connectivity index (χ1) is 8.74. The second-order valence-corrected chi connectivity index (χ2v) is 5.28. The number of rotatable bonds is 2. The molecule has 1 aliphatic rings. The summed E-state index contributed by atoms with van der Waals surface area (Å²) in [4.78, 5) is 6.78. The number of hydrogen-bond acceptors (Lipinski definition) is 3. The Kier molecular flexibility index (Phi) is 2.92. The third kappa shape index (κ3) is 2.06. The topological polar surface area (TPSA) is 28.2 Å². The normalized spacial score (nSPS) is 14.6. The molecule has 2 heterocycles. The molecule has 0 spiro atoms. The van der Waals surface area contributed by atoms with E-state index in [4.69, 9.17) is 0 Å². The van der Waals surface area contributed by atoms with E-state index in [-0.39, 0.29) is 0 Å². The number of fused-ring (bicyclic) bond motifs is 3. The van der Waals surface area contributed by atoms with Crippen molar-refractivity contribution in [1.82, 2.24) is 9.88 Å². The second kappa shape index (κ2) is 4.58. The quantitative estimate of drug-likeness (QED) is 0.876. The molecule has 94 valence electrons. The summed E-state index contributed by atoms with van der Waals surface area (Å²) in [5.41, 5.74) is 5.06. The molecule has 0 fully saturated rings. The van der Waals surface area contributed by atoms with Crippen LogP contribution in [0.5, 0.6) is 0 Å². The summed E-state index contributed by atoms with van der Waals surface area (Å²) in [5, 5.41) is 4.77. The Morgan fingerprint density at radius 1 is 1.33 bits per heavy atom. The summed E-state index contributed by atoms with van der Waals surface area (Å²) in [7, 11) is 4.18. The van der Waals surface area contributed by atoms with Crippen molar-refractivity contribution in [3.05, 3.63) is 35.5 Å². The van der Waals surface area contributed by atoms with Crippen LogP contribution in [-0.2, 0) is 13.0 Å². The van der Waals surface area contributed by atoms with Crippen molar-refractivity contribution >= 4 is 16.6 Å². The minimum absolute atomic E-state index is 0.960. The van der Waals surface area contributed by atoms with Gasteiger partial charge in [-0.2, -0.15) is 0 Å². The standard InChI is InChI=1S/C15H19N3/c1-18(2)10-11-5-6-13-14(8-11)17-9-12-4-3-7-16-15(12)13/h5-6,8-9,16H,3-4,7,10H2,1-2H3. The molecule has 0 atom stereocenters. The molecule has 3 nitrogen and oxygen atoms in total. The molecular formula is C15H19N3. The second-order valence-electron chi connectivity index (χ2n) is 5.28. The molecule has 1 aromatic heterocycles. The Morgan fingerprint density at radius 3 is 3.06 bits per heavy atom. The van der Waals surface area contributed by atoms with E-state index in [0.717, 1.165) is 25.0 Å². The van der Waals surface area contributed by atoms with Crippen LogP contribution in [0.2, 0.25) is 0 Å². The van der Waals surface area contributed by atoms with Gasteiger partial charge in [-0.25, -0.2) is 0 Å². The van der Waals surface area contributed by atoms with Crippen LogP contribution in [0.3, 0.4) is 0 Å². The molecule has 0 saturated carbocycles. The molecule has 0 aliphatic carbocycles. The van der Waals surface area contributed by atoms with Gasteiger partial charge in [-0.15, -0.1) is 0 Å². The van der Waals surface area contributed by atoms with Crippen LogP contribution in [0.4, 0.5) is 5.69 Å². The third-order valence-corrected chi connectivity index (χ3v) is 3.44. The number of hydrogen-bond donors (Lipinski definition) is 1. The number of anilines is 1. The number of pyridine rings is 1. The molecule has 0 saturated heterocycles. The van der Waals surface area contributed by atoms with Crippen LogP contribution in [0, 0.1) is 0 Å². The number of nitrogens with zero attached hydrogens (tertiary/aromatic N) is 2. The predicted octanol–water partition coefficient (Wildman–Crippen LogP) is 2.65. The van der Waals surface area contributed by atoms with Gasteiger partial charge in [0, 0.05) is 30.4 Å². The Morgan fingerprint density at radius 2 is 2.22 bits per heavy atom. The maximum absolute atomic E-state index is 4.60. The molecule has 0 radical (unpaired) electrons. The number of aryl methyl sites for hydroxylation is 1. The molecule has 1 aromatic carbocycles. The highest BCUT2D eigenvalue weighted by Gasteiger charge is 2.12. The fourth-order valence-corrected chi connectivity index (χ4v) is 2.63. The molecule has 1 N–H and O–H groups in total. The molecule has 3 rings (SSSR count). The summed E-state index contributed by atoms with van der Waals surface area (Å²) >= 11 is 0. The summed E-state index contributed by atoms with van der Waals surface area (Å²) in [6, 6.07) is 6.62. The molecule has 18 heavy (non-hydrogen) atoms. The zero-order valence-corrected chi connectivity index (χ0v) is 11.0. The Hall–Kier alpha value is -1.61. The van der Waals surface area contributed by atoms with Gasteiger partial charge in [-0.3, -0.25) is 4.98 Å². The van der Waals surface area contributed by atoms with Crippen LogP contribution >= 0.6 is 0 Å². The minimum Gasteiger partial charge on any atom is -0.384 e. The first-order valence-corrected chi connectivity index (χ1v) is 6.53. The first-order valence-electron chi connectivity index (χ1n) is 6.53. The van der Waals surface area contributed by atoms with Gasteiger partial charge in [0.25, 0.3) is 0 Å². The molecule has 0 bridgehead atoms. The van der Waals surface area contributed by atoms with E-state index >= 15 is 0 Å². The van der Waals surface area contributed by atoms with E-state index in [1.54, 1.807) is 0 Å². The van der Waals surface area contributed by atoms with Crippen molar-refractivity contribution in [3.8, 4) is 0 Å². The lowest BCUT2D eigenvalue weighted by Gasteiger charge is -2.19. The van der Waals surface area contributed by atoms with Crippen molar-refractivity contribution in [1.29, 1.82) is 0 Å². The monoisotopic (exact) mass is 241 g/mol. The Labute approximate surface area is 108 Å². The number of aromatic nitrogens is 1. The van der Waals surface area contributed by atoms with Crippen LogP contribution in [-0.4, -0.2) is 30.5 Å². The number of nitrogens with one attached hydrogen (secondary N) is 1. The van der Waals surface area contributed by atoms with Gasteiger partial charge in [-0.05, 0) is 44.1 Å². The van der Waals surface area contributed by atoms with Crippen LogP contribution in [0.1, 0.15) is 17.5 Å². The van der Waals surface area contributed by atoms with Gasteiger partial charge in [0.15, 0.2) is 0 Å². The van der Waals surface area contributed by atoms with Gasteiger partial charge in [-0.1, -0.05) is 12.1 Å². The first kappa shape index (κ1) is 11.5. The van der Waals surface area contributed by atoms with E-state index in [1.807, 2.05) is 6.20 Å². The molecular weight excluding hydrogens is 222 g/mol. The predicted molar refractivity (Wildman–Crippen MR) is 75.9 cm³/mol. The van der Waals surface area contributed by atoms with Gasteiger partial charge in [0.05, 0.1) is 5.52 Å². The van der Waals surface area contributed by atoms with E-state index in [1.165, 1.54) is 28.6 Å². The lowest BCUT2D eigenvalue weighted by atomic mass is 10.0. The molecule has 3 heteroatoms. The summed E-state index contributed by atoms with van der Waals surface area (Å²) in [6.45, 7) is 2.04. The van der Waals surface area contributed by atoms with Crippen molar-refractivity contribution < 1.29 is 0 Å². The Bertz CT molecular complexity index is 575. The van der Waals surface area contributed by atoms with Gasteiger partial charge in [0.2, 0.25) is 0 Å². The fraction of sp³-hybridized carbons (Fsp3) is 0.400. The van der Waals surface area contributed by atoms with Crippen molar-refractivity contribution in [2.75, 3.05) is 26.0 Å². The lowest BCUT2D eigenvalue weighted by Crippen LogP contribution is -2.13. The summed E-state index contributed by atoms with van der Waals surface area (Å²) < 4.78 is 0. The van der Waals surface area contributed by atoms with Gasteiger partial charge >= 0.3 is 0 Å². The van der Waals surface area contributed by atoms with Gasteiger partial charge < -0.3 is 10.2 Å². The zero-order chi connectivity index (χ0) is 12.5. The average molecular weight is 241 g/mol. The van der Waals surface area contributed by atoms with E-state index < -0.39 is 0 Å². The minimum atomic E-state index is 0.960. The van der Waals surface area contributed by atoms with E-state index in [0.29, 0.717) is 0 Å². The summed E-state index contributed by atoms with van der Waals surface area (Å²) in [5.74, 6) is 0. The molecule has 1 aliphatic heterocycles. The maximum atomic E-state index is 4.60. The maximum Gasteiger partial charge on any atom is 0.0726 e. The smallest absolute Gasteiger partial charge is 0.0726 e. The van der Waals surface area contributed by atoms with E-state index in [2.05, 4.69) is 47.5 Å². The SMILES string of the molecule is CN(C)Cc1ccc2c3c(cnc2c1)CCCN3.